The number of rotatable bonds is 5. The Morgan fingerprint density at radius 1 is 1.18 bits per heavy atom. The fraction of sp³-hybridized carbons (Fsp3) is 0.360. The first-order valence-electron chi connectivity index (χ1n) is 11.8. The number of aryl methyl sites for hydroxylation is 1. The van der Waals surface area contributed by atoms with E-state index in [0.29, 0.717) is 29.9 Å². The van der Waals surface area contributed by atoms with Crippen molar-refractivity contribution in [3.05, 3.63) is 81.5 Å². The van der Waals surface area contributed by atoms with E-state index < -0.39 is 11.4 Å². The standard InChI is InChI=1S/C25H26FN7O/c1-2-33-24(28-14-29-33)22-19(16-6-4-15(5-7-16)13-32-8-3-9-32)12-27-20-11-17(26)10-18-21(20)23(22)30-31-25(18)34/h4-7,10-11,14,19,22,27H,2-3,8-9,12-13H2,1H3,(H,31,34). The van der Waals surface area contributed by atoms with E-state index in [1.807, 2.05) is 11.6 Å². The zero-order valence-electron chi connectivity index (χ0n) is 19.0. The first-order valence-corrected chi connectivity index (χ1v) is 11.8. The summed E-state index contributed by atoms with van der Waals surface area (Å²) >= 11 is 0. The third kappa shape index (κ3) is 3.47. The normalized spacial score (nSPS) is 20.1. The van der Waals surface area contributed by atoms with Gasteiger partial charge in [0.15, 0.2) is 0 Å². The molecular formula is C25H26FN7O. The molecule has 2 aromatic carbocycles. The molecule has 1 saturated heterocycles. The summed E-state index contributed by atoms with van der Waals surface area (Å²) in [5, 5.41) is 15.8. The van der Waals surface area contributed by atoms with Crippen molar-refractivity contribution in [3.8, 4) is 0 Å². The molecule has 9 heteroatoms. The molecule has 2 aromatic heterocycles. The molecule has 0 amide bonds. The molecule has 2 aliphatic heterocycles. The second-order valence-electron chi connectivity index (χ2n) is 9.08. The van der Waals surface area contributed by atoms with Gasteiger partial charge in [0.25, 0.3) is 5.56 Å². The number of hydrogen-bond acceptors (Lipinski definition) is 6. The third-order valence-corrected chi connectivity index (χ3v) is 7.08. The molecule has 4 aromatic rings. The molecule has 2 atom stereocenters. The summed E-state index contributed by atoms with van der Waals surface area (Å²) in [5.74, 6) is -0.0106. The first kappa shape index (κ1) is 21.0. The van der Waals surface area contributed by atoms with Gasteiger partial charge in [-0.25, -0.2) is 19.2 Å². The largest absolute Gasteiger partial charge is 0.384 e. The molecule has 8 nitrogen and oxygen atoms in total. The lowest BCUT2D eigenvalue weighted by Crippen LogP contribution is -2.36. The minimum absolute atomic E-state index is 0.0513. The fourth-order valence-corrected chi connectivity index (χ4v) is 5.22. The van der Waals surface area contributed by atoms with Crippen molar-refractivity contribution in [2.75, 3.05) is 25.0 Å². The molecule has 34 heavy (non-hydrogen) atoms. The minimum Gasteiger partial charge on any atom is -0.384 e. The number of nitrogens with one attached hydrogen (secondary N) is 2. The van der Waals surface area contributed by atoms with Crippen LogP contribution in [0.25, 0.3) is 10.8 Å². The highest BCUT2D eigenvalue weighted by atomic mass is 19.1. The maximum Gasteiger partial charge on any atom is 0.272 e. The second kappa shape index (κ2) is 8.32. The summed E-state index contributed by atoms with van der Waals surface area (Å²) in [6.07, 6.45) is 2.83. The van der Waals surface area contributed by atoms with Gasteiger partial charge in [-0.05, 0) is 49.7 Å². The van der Waals surface area contributed by atoms with Crippen LogP contribution >= 0.6 is 0 Å². The smallest absolute Gasteiger partial charge is 0.272 e. The van der Waals surface area contributed by atoms with Crippen LogP contribution in [0.5, 0.6) is 0 Å². The van der Waals surface area contributed by atoms with Crippen LogP contribution in [0, 0.1) is 5.82 Å². The summed E-state index contributed by atoms with van der Waals surface area (Å²) in [6.45, 7) is 6.49. The average molecular weight is 460 g/mol. The zero-order valence-corrected chi connectivity index (χ0v) is 19.0. The number of halogens is 1. The quantitative estimate of drug-likeness (QED) is 0.476. The lowest BCUT2D eigenvalue weighted by atomic mass is 9.82. The maximum atomic E-state index is 14.4. The van der Waals surface area contributed by atoms with Crippen molar-refractivity contribution in [1.29, 1.82) is 0 Å². The van der Waals surface area contributed by atoms with E-state index >= 15 is 0 Å². The first-order chi connectivity index (χ1) is 16.6. The van der Waals surface area contributed by atoms with Crippen LogP contribution in [-0.4, -0.2) is 49.5 Å². The van der Waals surface area contributed by atoms with Gasteiger partial charge in [-0.3, -0.25) is 9.69 Å². The number of benzene rings is 2. The molecule has 1 fully saturated rings. The summed E-state index contributed by atoms with van der Waals surface area (Å²) in [4.78, 5) is 19.6. The molecule has 6 rings (SSSR count). The Morgan fingerprint density at radius 2 is 2.00 bits per heavy atom. The SMILES string of the molecule is CCn1ncnc1C1c2n[nH]c(=O)c3cc(F)cc(c23)NCC1c1ccc(CN2CCC2)cc1. The number of aromatic amines is 1. The van der Waals surface area contributed by atoms with E-state index in [1.165, 1.54) is 24.1 Å². The van der Waals surface area contributed by atoms with Gasteiger partial charge in [0.2, 0.25) is 0 Å². The van der Waals surface area contributed by atoms with Crippen molar-refractivity contribution in [1.82, 2.24) is 29.9 Å². The molecule has 4 heterocycles. The molecule has 2 N–H and O–H groups in total. The van der Waals surface area contributed by atoms with E-state index in [2.05, 4.69) is 54.8 Å². The summed E-state index contributed by atoms with van der Waals surface area (Å²) in [5.41, 5.74) is 3.25. The average Bonchev–Trinajstić information content (AvgIpc) is 3.22. The van der Waals surface area contributed by atoms with E-state index in [-0.39, 0.29) is 17.2 Å². The van der Waals surface area contributed by atoms with Gasteiger partial charge < -0.3 is 5.32 Å². The van der Waals surface area contributed by atoms with Gasteiger partial charge in [0.1, 0.15) is 18.0 Å². The van der Waals surface area contributed by atoms with Crippen molar-refractivity contribution in [3.63, 3.8) is 0 Å². The maximum absolute atomic E-state index is 14.4. The summed E-state index contributed by atoms with van der Waals surface area (Å²) in [6, 6.07) is 11.4. The molecule has 0 saturated carbocycles. The van der Waals surface area contributed by atoms with E-state index in [0.717, 1.165) is 31.0 Å². The third-order valence-electron chi connectivity index (χ3n) is 7.08. The van der Waals surface area contributed by atoms with Crippen molar-refractivity contribution in [2.45, 2.75) is 38.3 Å². The number of likely N-dealkylation sites (tertiary alicyclic amines) is 1. The molecule has 0 spiro atoms. The van der Waals surface area contributed by atoms with Gasteiger partial charge in [-0.1, -0.05) is 24.3 Å². The highest BCUT2D eigenvalue weighted by molar-refractivity contribution is 5.96. The van der Waals surface area contributed by atoms with Crippen LogP contribution in [0.1, 0.15) is 47.8 Å². The monoisotopic (exact) mass is 459 g/mol. The second-order valence-corrected chi connectivity index (χ2v) is 9.08. The Labute approximate surface area is 195 Å². The van der Waals surface area contributed by atoms with Gasteiger partial charge in [0, 0.05) is 36.6 Å². The molecule has 174 valence electrons. The number of aromatic nitrogens is 5. The van der Waals surface area contributed by atoms with Crippen LogP contribution < -0.4 is 10.9 Å². The van der Waals surface area contributed by atoms with Crippen molar-refractivity contribution >= 4 is 16.5 Å². The minimum atomic E-state index is -0.459. The van der Waals surface area contributed by atoms with Crippen LogP contribution in [0.2, 0.25) is 0 Å². The topological polar surface area (TPSA) is 91.7 Å². The van der Waals surface area contributed by atoms with E-state index in [9.17, 15) is 9.18 Å². The fourth-order valence-electron chi connectivity index (χ4n) is 5.22. The number of hydrogen-bond donors (Lipinski definition) is 2. The Morgan fingerprint density at radius 3 is 2.74 bits per heavy atom. The van der Waals surface area contributed by atoms with Gasteiger partial charge in [0.05, 0.1) is 17.0 Å². The van der Waals surface area contributed by atoms with Crippen LogP contribution in [0.3, 0.4) is 0 Å². The number of H-pyrrole nitrogens is 1. The lowest BCUT2D eigenvalue weighted by Gasteiger charge is -2.31. The Kier molecular flexibility index (Phi) is 5.13. The highest BCUT2D eigenvalue weighted by Crippen LogP contribution is 2.43. The van der Waals surface area contributed by atoms with Gasteiger partial charge >= 0.3 is 0 Å². The molecule has 0 radical (unpaired) electrons. The number of nitrogens with zero attached hydrogens (tertiary/aromatic N) is 5. The van der Waals surface area contributed by atoms with E-state index in [1.54, 1.807) is 6.33 Å². The summed E-state index contributed by atoms with van der Waals surface area (Å²) in [7, 11) is 0. The van der Waals surface area contributed by atoms with Gasteiger partial charge in [-0.2, -0.15) is 10.2 Å². The molecule has 2 unspecified atom stereocenters. The molecule has 0 bridgehead atoms. The molecule has 0 aliphatic carbocycles. The Hall–Kier alpha value is -3.59. The Balaban J connectivity index is 1.50. The van der Waals surface area contributed by atoms with Crippen molar-refractivity contribution < 1.29 is 4.39 Å². The van der Waals surface area contributed by atoms with Gasteiger partial charge in [-0.15, -0.1) is 0 Å². The van der Waals surface area contributed by atoms with Crippen LogP contribution in [0.4, 0.5) is 10.1 Å². The van der Waals surface area contributed by atoms with Crippen LogP contribution in [-0.2, 0) is 13.1 Å². The van der Waals surface area contributed by atoms with Crippen LogP contribution in [0.15, 0.2) is 47.5 Å². The molecule has 2 aliphatic rings. The molecular weight excluding hydrogens is 433 g/mol. The van der Waals surface area contributed by atoms with E-state index in [4.69, 9.17) is 0 Å². The lowest BCUT2D eigenvalue weighted by molar-refractivity contribution is 0.172. The zero-order chi connectivity index (χ0) is 23.2. The van der Waals surface area contributed by atoms with Crippen molar-refractivity contribution in [2.24, 2.45) is 0 Å². The Bertz CT molecular complexity index is 1410. The number of anilines is 1. The highest BCUT2D eigenvalue weighted by Gasteiger charge is 2.36. The summed E-state index contributed by atoms with van der Waals surface area (Å²) < 4.78 is 16.3. The predicted molar refractivity (Wildman–Crippen MR) is 127 cm³/mol. The predicted octanol–water partition coefficient (Wildman–Crippen LogP) is 3.22.